The average Bonchev–Trinajstić information content (AvgIpc) is 2.18. The van der Waals surface area contributed by atoms with Gasteiger partial charge < -0.3 is 16.2 Å². The molecule has 5 heteroatoms. The fraction of sp³-hybridized carbons (Fsp3) is 0.400. The molecule has 1 heterocycles. The summed E-state index contributed by atoms with van der Waals surface area (Å²) in [5.74, 6) is -0.311. The van der Waals surface area contributed by atoms with Crippen LogP contribution in [0.1, 0.15) is 23.8 Å². The van der Waals surface area contributed by atoms with Gasteiger partial charge in [0.15, 0.2) is 5.69 Å². The van der Waals surface area contributed by atoms with Crippen LogP contribution in [0.4, 0.5) is 5.69 Å². The highest BCUT2D eigenvalue weighted by atomic mass is 16.3. The van der Waals surface area contributed by atoms with Crippen LogP contribution in [-0.4, -0.2) is 28.6 Å². The summed E-state index contributed by atoms with van der Waals surface area (Å²) in [5, 5.41) is 11.4. The Morgan fingerprint density at radius 1 is 1.73 bits per heavy atom. The maximum atomic E-state index is 11.6. The van der Waals surface area contributed by atoms with Crippen LogP contribution in [0, 0.1) is 0 Å². The zero-order chi connectivity index (χ0) is 11.3. The van der Waals surface area contributed by atoms with Crippen LogP contribution in [0.25, 0.3) is 0 Å². The Balaban J connectivity index is 2.65. The molecule has 0 radical (unpaired) electrons. The molecule has 1 aromatic heterocycles. The number of aliphatic hydroxyl groups excluding tert-OH is 1. The van der Waals surface area contributed by atoms with Crippen molar-refractivity contribution in [3.63, 3.8) is 0 Å². The standard InChI is InChI=1S/C10H15N3O2/c1-7(4-6-14)13-10(15)9-8(11)3-2-5-12-9/h2-3,5,7,14H,4,6,11H2,1H3,(H,13,15). The molecule has 0 spiro atoms. The molecule has 0 saturated heterocycles. The quantitative estimate of drug-likeness (QED) is 0.659. The predicted molar refractivity (Wildman–Crippen MR) is 57.3 cm³/mol. The summed E-state index contributed by atoms with van der Waals surface area (Å²) in [7, 11) is 0. The van der Waals surface area contributed by atoms with E-state index in [0.717, 1.165) is 0 Å². The molecular weight excluding hydrogens is 194 g/mol. The third kappa shape index (κ3) is 3.21. The van der Waals surface area contributed by atoms with E-state index >= 15 is 0 Å². The summed E-state index contributed by atoms with van der Waals surface area (Å²) in [4.78, 5) is 15.5. The summed E-state index contributed by atoms with van der Waals surface area (Å²) in [6.07, 6.45) is 2.03. The van der Waals surface area contributed by atoms with Crippen molar-refractivity contribution in [2.75, 3.05) is 12.3 Å². The van der Waals surface area contributed by atoms with Gasteiger partial charge in [-0.1, -0.05) is 0 Å². The number of amides is 1. The van der Waals surface area contributed by atoms with Gasteiger partial charge >= 0.3 is 0 Å². The summed E-state index contributed by atoms with van der Waals surface area (Å²) < 4.78 is 0. The third-order valence-electron chi connectivity index (χ3n) is 1.99. The van der Waals surface area contributed by atoms with Gasteiger partial charge in [-0.2, -0.15) is 0 Å². The molecule has 1 amide bonds. The van der Waals surface area contributed by atoms with E-state index in [1.54, 1.807) is 12.1 Å². The Labute approximate surface area is 88.3 Å². The Hall–Kier alpha value is -1.62. The van der Waals surface area contributed by atoms with Crippen molar-refractivity contribution in [1.29, 1.82) is 0 Å². The highest BCUT2D eigenvalue weighted by Crippen LogP contribution is 2.06. The monoisotopic (exact) mass is 209 g/mol. The lowest BCUT2D eigenvalue weighted by molar-refractivity contribution is 0.0930. The number of carbonyl (C=O) groups is 1. The van der Waals surface area contributed by atoms with E-state index in [1.165, 1.54) is 6.20 Å². The molecule has 1 atom stereocenters. The molecule has 0 aromatic carbocycles. The van der Waals surface area contributed by atoms with Crippen molar-refractivity contribution < 1.29 is 9.90 Å². The minimum Gasteiger partial charge on any atom is -0.397 e. The number of carbonyl (C=O) groups excluding carboxylic acids is 1. The summed E-state index contributed by atoms with van der Waals surface area (Å²) in [6.45, 7) is 1.85. The number of hydrogen-bond acceptors (Lipinski definition) is 4. The first-order chi connectivity index (χ1) is 7.15. The zero-order valence-corrected chi connectivity index (χ0v) is 8.60. The fourth-order valence-electron chi connectivity index (χ4n) is 1.17. The van der Waals surface area contributed by atoms with Crippen LogP contribution in [-0.2, 0) is 0 Å². The second-order valence-electron chi connectivity index (χ2n) is 3.33. The minimum absolute atomic E-state index is 0.0408. The highest BCUT2D eigenvalue weighted by molar-refractivity contribution is 5.97. The molecule has 0 bridgehead atoms. The average molecular weight is 209 g/mol. The number of pyridine rings is 1. The SMILES string of the molecule is CC(CCO)NC(=O)c1ncccc1N. The van der Waals surface area contributed by atoms with Crippen molar-refractivity contribution in [2.45, 2.75) is 19.4 Å². The minimum atomic E-state index is -0.311. The second kappa shape index (κ2) is 5.31. The Bertz CT molecular complexity index is 341. The van der Waals surface area contributed by atoms with Crippen LogP contribution in [0.15, 0.2) is 18.3 Å². The third-order valence-corrected chi connectivity index (χ3v) is 1.99. The number of nitrogen functional groups attached to an aromatic ring is 1. The van der Waals surface area contributed by atoms with Crippen LogP contribution in [0.3, 0.4) is 0 Å². The molecule has 0 saturated carbocycles. The molecule has 0 aliphatic carbocycles. The maximum absolute atomic E-state index is 11.6. The number of anilines is 1. The van der Waals surface area contributed by atoms with E-state index in [9.17, 15) is 4.79 Å². The van der Waals surface area contributed by atoms with Crippen molar-refractivity contribution in [3.05, 3.63) is 24.0 Å². The lowest BCUT2D eigenvalue weighted by atomic mass is 10.2. The molecule has 0 aliphatic heterocycles. The van der Waals surface area contributed by atoms with E-state index in [2.05, 4.69) is 10.3 Å². The lowest BCUT2D eigenvalue weighted by Crippen LogP contribution is -2.34. The number of rotatable bonds is 4. The smallest absolute Gasteiger partial charge is 0.272 e. The zero-order valence-electron chi connectivity index (χ0n) is 8.60. The van der Waals surface area contributed by atoms with Crippen molar-refractivity contribution >= 4 is 11.6 Å². The molecule has 82 valence electrons. The predicted octanol–water partition coefficient (Wildman–Crippen LogP) is 0.164. The van der Waals surface area contributed by atoms with Gasteiger partial charge in [0.25, 0.3) is 5.91 Å². The molecule has 0 aliphatic rings. The van der Waals surface area contributed by atoms with Gasteiger partial charge in [-0.3, -0.25) is 4.79 Å². The van der Waals surface area contributed by atoms with Gasteiger partial charge in [-0.15, -0.1) is 0 Å². The first kappa shape index (κ1) is 11.5. The van der Waals surface area contributed by atoms with Gasteiger partial charge in [0.05, 0.1) is 5.69 Å². The van der Waals surface area contributed by atoms with Crippen molar-refractivity contribution in [3.8, 4) is 0 Å². The summed E-state index contributed by atoms with van der Waals surface area (Å²) in [6, 6.07) is 3.20. The molecule has 1 rings (SSSR count). The molecule has 4 N–H and O–H groups in total. The van der Waals surface area contributed by atoms with E-state index in [-0.39, 0.29) is 24.2 Å². The van der Waals surface area contributed by atoms with Crippen molar-refractivity contribution in [1.82, 2.24) is 10.3 Å². The van der Waals surface area contributed by atoms with E-state index < -0.39 is 0 Å². The van der Waals surface area contributed by atoms with Gasteiger partial charge in [0.2, 0.25) is 0 Å². The van der Waals surface area contributed by atoms with E-state index in [4.69, 9.17) is 10.8 Å². The lowest BCUT2D eigenvalue weighted by Gasteiger charge is -2.12. The summed E-state index contributed by atoms with van der Waals surface area (Å²) in [5.41, 5.74) is 6.18. The Morgan fingerprint density at radius 2 is 2.47 bits per heavy atom. The number of nitrogens with one attached hydrogen (secondary N) is 1. The summed E-state index contributed by atoms with van der Waals surface area (Å²) >= 11 is 0. The second-order valence-corrected chi connectivity index (χ2v) is 3.33. The number of aromatic nitrogens is 1. The van der Waals surface area contributed by atoms with Gasteiger partial charge in [0, 0.05) is 18.8 Å². The van der Waals surface area contributed by atoms with E-state index in [1.807, 2.05) is 6.92 Å². The van der Waals surface area contributed by atoms with Gasteiger partial charge in [-0.05, 0) is 25.5 Å². The van der Waals surface area contributed by atoms with Crippen LogP contribution < -0.4 is 11.1 Å². The normalized spacial score (nSPS) is 12.1. The van der Waals surface area contributed by atoms with Crippen LogP contribution >= 0.6 is 0 Å². The number of aliphatic hydroxyl groups is 1. The molecule has 15 heavy (non-hydrogen) atoms. The van der Waals surface area contributed by atoms with E-state index in [0.29, 0.717) is 12.1 Å². The number of nitrogens with zero attached hydrogens (tertiary/aromatic N) is 1. The Morgan fingerprint density at radius 3 is 3.07 bits per heavy atom. The van der Waals surface area contributed by atoms with Gasteiger partial charge in [0.1, 0.15) is 0 Å². The number of hydrogen-bond donors (Lipinski definition) is 3. The first-order valence-corrected chi connectivity index (χ1v) is 4.77. The topological polar surface area (TPSA) is 88.2 Å². The largest absolute Gasteiger partial charge is 0.397 e. The maximum Gasteiger partial charge on any atom is 0.272 e. The number of nitrogens with two attached hydrogens (primary N) is 1. The van der Waals surface area contributed by atoms with Crippen molar-refractivity contribution in [2.24, 2.45) is 0 Å². The molecule has 0 fully saturated rings. The first-order valence-electron chi connectivity index (χ1n) is 4.77. The molecule has 1 unspecified atom stereocenters. The fourth-order valence-corrected chi connectivity index (χ4v) is 1.17. The molecular formula is C10H15N3O2. The highest BCUT2D eigenvalue weighted by Gasteiger charge is 2.12. The molecule has 5 nitrogen and oxygen atoms in total. The molecule has 1 aromatic rings. The van der Waals surface area contributed by atoms with Crippen LogP contribution in [0.2, 0.25) is 0 Å². The van der Waals surface area contributed by atoms with Crippen LogP contribution in [0.5, 0.6) is 0 Å². The Kier molecular flexibility index (Phi) is 4.05. The van der Waals surface area contributed by atoms with Gasteiger partial charge in [-0.25, -0.2) is 4.98 Å².